The van der Waals surface area contributed by atoms with Crippen LogP contribution < -0.4 is 10.3 Å². The molecular formula is C19H14N6O2. The molecule has 2 aromatic heterocycles. The number of rotatable bonds is 5. The molecule has 0 fully saturated rings. The van der Waals surface area contributed by atoms with Crippen LogP contribution in [0.4, 0.5) is 0 Å². The van der Waals surface area contributed by atoms with Crippen LogP contribution in [0.15, 0.2) is 65.7 Å². The van der Waals surface area contributed by atoms with Gasteiger partial charge in [0.1, 0.15) is 18.7 Å². The first-order valence-electron chi connectivity index (χ1n) is 8.25. The number of aromatic nitrogens is 5. The summed E-state index contributed by atoms with van der Waals surface area (Å²) >= 11 is 0. The Morgan fingerprint density at radius 2 is 1.96 bits per heavy atom. The molecule has 0 aliphatic rings. The summed E-state index contributed by atoms with van der Waals surface area (Å²) in [6, 6.07) is 18.3. The Morgan fingerprint density at radius 3 is 2.78 bits per heavy atom. The van der Waals surface area contributed by atoms with Crippen molar-refractivity contribution in [2.24, 2.45) is 0 Å². The molecule has 27 heavy (non-hydrogen) atoms. The molecule has 2 aromatic carbocycles. The van der Waals surface area contributed by atoms with Crippen LogP contribution in [0.25, 0.3) is 16.9 Å². The van der Waals surface area contributed by atoms with Crippen molar-refractivity contribution in [1.82, 2.24) is 24.5 Å². The fourth-order valence-corrected chi connectivity index (χ4v) is 2.66. The van der Waals surface area contributed by atoms with Crippen LogP contribution in [0, 0.1) is 11.3 Å². The molecule has 0 aliphatic heterocycles. The van der Waals surface area contributed by atoms with Crippen LogP contribution in [-0.4, -0.2) is 31.2 Å². The lowest BCUT2D eigenvalue weighted by molar-refractivity contribution is 0.296. The first kappa shape index (κ1) is 16.5. The average molecular weight is 358 g/mol. The van der Waals surface area contributed by atoms with Gasteiger partial charge in [-0.25, -0.2) is 4.98 Å². The summed E-state index contributed by atoms with van der Waals surface area (Å²) in [5, 5.41) is 16.9. The van der Waals surface area contributed by atoms with E-state index < -0.39 is 0 Å². The van der Waals surface area contributed by atoms with Crippen LogP contribution in [0.1, 0.15) is 5.56 Å². The predicted octanol–water partition coefficient (Wildman–Crippen LogP) is 1.93. The van der Waals surface area contributed by atoms with Gasteiger partial charge in [0.25, 0.3) is 5.56 Å². The highest BCUT2D eigenvalue weighted by atomic mass is 16.5. The van der Waals surface area contributed by atoms with Crippen molar-refractivity contribution in [1.29, 1.82) is 5.26 Å². The Bertz CT molecular complexity index is 1190. The van der Waals surface area contributed by atoms with E-state index in [1.165, 1.54) is 15.6 Å². The number of nitrogens with zero attached hydrogens (tertiary/aromatic N) is 6. The van der Waals surface area contributed by atoms with Crippen LogP contribution in [0.2, 0.25) is 0 Å². The normalized spacial score (nSPS) is 10.6. The first-order chi connectivity index (χ1) is 13.3. The molecule has 4 rings (SSSR count). The Balaban J connectivity index is 1.54. The Kier molecular flexibility index (Phi) is 4.33. The topological polar surface area (TPSA) is 98.6 Å². The minimum absolute atomic E-state index is 0.202. The molecule has 4 aromatic rings. The molecule has 2 heterocycles. The molecule has 0 atom stereocenters. The van der Waals surface area contributed by atoms with E-state index in [-0.39, 0.29) is 17.7 Å². The third-order valence-corrected chi connectivity index (χ3v) is 3.99. The summed E-state index contributed by atoms with van der Waals surface area (Å²) < 4.78 is 8.58. The first-order valence-corrected chi connectivity index (χ1v) is 8.25. The van der Waals surface area contributed by atoms with Gasteiger partial charge in [0.05, 0.1) is 23.9 Å². The zero-order valence-corrected chi connectivity index (χ0v) is 14.2. The lowest BCUT2D eigenvalue weighted by Gasteiger charge is -2.08. The molecular weight excluding hydrogens is 344 g/mol. The summed E-state index contributed by atoms with van der Waals surface area (Å²) in [6.45, 7) is 0.561. The molecule has 0 spiro atoms. The van der Waals surface area contributed by atoms with E-state index >= 15 is 0 Å². The zero-order valence-electron chi connectivity index (χ0n) is 14.2. The number of ether oxygens (including phenoxy) is 1. The van der Waals surface area contributed by atoms with E-state index in [2.05, 4.69) is 21.4 Å². The maximum atomic E-state index is 12.6. The highest BCUT2D eigenvalue weighted by molar-refractivity contribution is 5.70. The molecule has 132 valence electrons. The molecule has 0 radical (unpaired) electrons. The molecule has 0 bridgehead atoms. The number of hydrogen-bond acceptors (Lipinski definition) is 6. The summed E-state index contributed by atoms with van der Waals surface area (Å²) in [6.07, 6.45) is 1.46. The van der Waals surface area contributed by atoms with Gasteiger partial charge >= 0.3 is 0 Å². The Hall–Kier alpha value is -3.99. The molecule has 0 saturated heterocycles. The quantitative estimate of drug-likeness (QED) is 0.540. The summed E-state index contributed by atoms with van der Waals surface area (Å²) in [5.74, 6) is 0.575. The highest BCUT2D eigenvalue weighted by Crippen LogP contribution is 2.13. The Labute approximate surface area is 153 Å². The molecule has 0 amide bonds. The lowest BCUT2D eigenvalue weighted by Crippen LogP contribution is -2.24. The second-order valence-electron chi connectivity index (χ2n) is 5.74. The van der Waals surface area contributed by atoms with Crippen molar-refractivity contribution in [3.8, 4) is 17.5 Å². The summed E-state index contributed by atoms with van der Waals surface area (Å²) in [7, 11) is 0. The molecule has 0 unspecified atom stereocenters. The minimum Gasteiger partial charge on any atom is -0.492 e. The number of benzene rings is 2. The van der Waals surface area contributed by atoms with Gasteiger partial charge in [-0.15, -0.1) is 5.10 Å². The van der Waals surface area contributed by atoms with E-state index in [9.17, 15) is 4.79 Å². The molecule has 8 heteroatoms. The minimum atomic E-state index is -0.281. The van der Waals surface area contributed by atoms with Gasteiger partial charge in [0, 0.05) is 0 Å². The summed E-state index contributed by atoms with van der Waals surface area (Å²) in [4.78, 5) is 17.0. The molecule has 0 aliphatic carbocycles. The van der Waals surface area contributed by atoms with Crippen LogP contribution in [0.5, 0.6) is 5.75 Å². The molecule has 0 saturated carbocycles. The third kappa shape index (κ3) is 3.26. The van der Waals surface area contributed by atoms with Crippen LogP contribution >= 0.6 is 0 Å². The van der Waals surface area contributed by atoms with E-state index in [0.29, 0.717) is 23.5 Å². The largest absolute Gasteiger partial charge is 0.492 e. The number of fused-ring (bicyclic) bond motifs is 1. The van der Waals surface area contributed by atoms with Gasteiger partial charge in [-0.3, -0.25) is 9.36 Å². The number of nitriles is 1. The van der Waals surface area contributed by atoms with Crippen LogP contribution in [0.3, 0.4) is 0 Å². The third-order valence-electron chi connectivity index (χ3n) is 3.99. The lowest BCUT2D eigenvalue weighted by atomic mass is 10.2. The van der Waals surface area contributed by atoms with E-state index in [1.807, 2.05) is 30.3 Å². The van der Waals surface area contributed by atoms with Gasteiger partial charge in [-0.05, 0) is 30.3 Å². The molecule has 8 nitrogen and oxygen atoms in total. The van der Waals surface area contributed by atoms with Crippen molar-refractivity contribution in [3.63, 3.8) is 0 Å². The van der Waals surface area contributed by atoms with E-state index in [0.717, 1.165) is 5.69 Å². The zero-order chi connectivity index (χ0) is 18.6. The smallest absolute Gasteiger partial charge is 0.283 e. The van der Waals surface area contributed by atoms with Gasteiger partial charge in [0.15, 0.2) is 11.2 Å². The van der Waals surface area contributed by atoms with Crippen molar-refractivity contribution in [2.75, 3.05) is 6.61 Å². The second-order valence-corrected chi connectivity index (χ2v) is 5.74. The fourth-order valence-electron chi connectivity index (χ4n) is 2.66. The van der Waals surface area contributed by atoms with Crippen molar-refractivity contribution < 1.29 is 4.74 Å². The van der Waals surface area contributed by atoms with Gasteiger partial charge < -0.3 is 4.74 Å². The van der Waals surface area contributed by atoms with Crippen molar-refractivity contribution in [2.45, 2.75) is 6.54 Å². The summed E-state index contributed by atoms with van der Waals surface area (Å²) in [5.41, 5.74) is 1.63. The average Bonchev–Trinajstić information content (AvgIpc) is 3.15. The van der Waals surface area contributed by atoms with Crippen molar-refractivity contribution in [3.05, 3.63) is 76.8 Å². The van der Waals surface area contributed by atoms with E-state index in [1.54, 1.807) is 24.3 Å². The standard InChI is InChI=1S/C19H14N6O2/c20-12-14-5-4-8-16(11-14)27-10-9-24-13-21-18-17(19(24)26)22-23-25(18)15-6-2-1-3-7-15/h1-8,11,13H,9-10H2. The van der Waals surface area contributed by atoms with Gasteiger partial charge in [-0.1, -0.05) is 29.5 Å². The van der Waals surface area contributed by atoms with Crippen LogP contribution in [-0.2, 0) is 6.54 Å². The highest BCUT2D eigenvalue weighted by Gasteiger charge is 2.13. The molecule has 0 N–H and O–H groups in total. The Morgan fingerprint density at radius 1 is 1.11 bits per heavy atom. The maximum Gasteiger partial charge on any atom is 0.283 e. The van der Waals surface area contributed by atoms with Gasteiger partial charge in [0.2, 0.25) is 0 Å². The SMILES string of the molecule is N#Cc1cccc(OCCn2cnc3c(nnn3-c3ccccc3)c2=O)c1. The van der Waals surface area contributed by atoms with Gasteiger partial charge in [-0.2, -0.15) is 9.94 Å². The van der Waals surface area contributed by atoms with E-state index in [4.69, 9.17) is 10.00 Å². The maximum absolute atomic E-state index is 12.6. The number of para-hydroxylation sites is 1. The number of hydrogen-bond donors (Lipinski definition) is 0. The van der Waals surface area contributed by atoms with Crippen molar-refractivity contribution >= 4 is 11.2 Å². The predicted molar refractivity (Wildman–Crippen MR) is 97.6 cm³/mol. The second kappa shape index (κ2) is 7.09. The fraction of sp³-hybridized carbons (Fsp3) is 0.105. The monoisotopic (exact) mass is 358 g/mol.